The van der Waals surface area contributed by atoms with Gasteiger partial charge in [-0.15, -0.1) is 0 Å². The molecule has 0 saturated heterocycles. The maximum absolute atomic E-state index is 5.73. The standard InChI is InChI=1S/C13H21BrN2O/c1-10(2)8-17-9-13-12(14)7-15-16(13)11-5-3-4-6-11/h7,10-11H,3-6,8-9H2,1-2H3. The van der Waals surface area contributed by atoms with Crippen molar-refractivity contribution in [2.75, 3.05) is 6.61 Å². The summed E-state index contributed by atoms with van der Waals surface area (Å²) in [4.78, 5) is 0. The van der Waals surface area contributed by atoms with Crippen molar-refractivity contribution >= 4 is 15.9 Å². The van der Waals surface area contributed by atoms with Gasteiger partial charge in [0.1, 0.15) is 0 Å². The highest BCUT2D eigenvalue weighted by Gasteiger charge is 2.21. The van der Waals surface area contributed by atoms with Gasteiger partial charge in [-0.25, -0.2) is 0 Å². The van der Waals surface area contributed by atoms with E-state index in [1.807, 2.05) is 6.20 Å². The van der Waals surface area contributed by atoms with Gasteiger partial charge in [-0.3, -0.25) is 4.68 Å². The van der Waals surface area contributed by atoms with Crippen LogP contribution in [-0.4, -0.2) is 16.4 Å². The molecule has 0 atom stereocenters. The Morgan fingerprint density at radius 2 is 2.18 bits per heavy atom. The van der Waals surface area contributed by atoms with Crippen LogP contribution in [0.25, 0.3) is 0 Å². The zero-order chi connectivity index (χ0) is 12.3. The lowest BCUT2D eigenvalue weighted by molar-refractivity contribution is 0.0904. The van der Waals surface area contributed by atoms with Crippen LogP contribution in [0.15, 0.2) is 10.7 Å². The SMILES string of the molecule is CC(C)COCc1c(Br)cnn1C1CCCC1. The highest BCUT2D eigenvalue weighted by molar-refractivity contribution is 9.10. The van der Waals surface area contributed by atoms with Crippen LogP contribution in [0.3, 0.4) is 0 Å². The zero-order valence-corrected chi connectivity index (χ0v) is 12.2. The van der Waals surface area contributed by atoms with Crippen molar-refractivity contribution in [2.24, 2.45) is 5.92 Å². The van der Waals surface area contributed by atoms with E-state index in [1.165, 1.54) is 31.4 Å². The van der Waals surface area contributed by atoms with E-state index in [0.29, 0.717) is 18.6 Å². The minimum atomic E-state index is 0.580. The van der Waals surface area contributed by atoms with E-state index in [2.05, 4.69) is 39.6 Å². The summed E-state index contributed by atoms with van der Waals surface area (Å²) in [7, 11) is 0. The summed E-state index contributed by atoms with van der Waals surface area (Å²) in [5.41, 5.74) is 1.19. The van der Waals surface area contributed by atoms with Crippen LogP contribution in [0.2, 0.25) is 0 Å². The minimum absolute atomic E-state index is 0.580. The summed E-state index contributed by atoms with van der Waals surface area (Å²) in [6.45, 7) is 5.81. The molecular weight excluding hydrogens is 280 g/mol. The third kappa shape index (κ3) is 3.32. The molecule has 0 radical (unpaired) electrons. The van der Waals surface area contributed by atoms with Gasteiger partial charge in [0.2, 0.25) is 0 Å². The number of hydrogen-bond donors (Lipinski definition) is 0. The summed E-state index contributed by atoms with van der Waals surface area (Å²) in [6, 6.07) is 0.582. The van der Waals surface area contributed by atoms with Gasteiger partial charge in [-0.2, -0.15) is 5.10 Å². The third-order valence-electron chi connectivity index (χ3n) is 3.21. The zero-order valence-electron chi connectivity index (χ0n) is 10.7. The molecule has 1 saturated carbocycles. The van der Waals surface area contributed by atoms with Gasteiger partial charge < -0.3 is 4.74 Å². The number of rotatable bonds is 5. The number of nitrogens with zero attached hydrogens (tertiary/aromatic N) is 2. The Hall–Kier alpha value is -0.350. The van der Waals surface area contributed by atoms with Crippen molar-refractivity contribution in [3.8, 4) is 0 Å². The first-order valence-corrected chi connectivity index (χ1v) is 7.27. The van der Waals surface area contributed by atoms with Crippen LogP contribution in [0, 0.1) is 5.92 Å². The van der Waals surface area contributed by atoms with Crippen molar-refractivity contribution in [1.82, 2.24) is 9.78 Å². The van der Waals surface area contributed by atoms with Crippen LogP contribution >= 0.6 is 15.9 Å². The number of aromatic nitrogens is 2. The maximum Gasteiger partial charge on any atom is 0.0896 e. The topological polar surface area (TPSA) is 27.1 Å². The molecule has 4 heteroatoms. The monoisotopic (exact) mass is 300 g/mol. The van der Waals surface area contributed by atoms with Crippen molar-refractivity contribution in [1.29, 1.82) is 0 Å². The molecule has 1 aliphatic rings. The fraction of sp³-hybridized carbons (Fsp3) is 0.769. The van der Waals surface area contributed by atoms with Crippen LogP contribution in [0.4, 0.5) is 0 Å². The Morgan fingerprint density at radius 3 is 2.82 bits per heavy atom. The molecule has 0 spiro atoms. The first-order valence-electron chi connectivity index (χ1n) is 6.48. The Kier molecular flexibility index (Phi) is 4.62. The molecule has 0 N–H and O–H groups in total. The van der Waals surface area contributed by atoms with E-state index in [-0.39, 0.29) is 0 Å². The van der Waals surface area contributed by atoms with Gasteiger partial charge in [-0.05, 0) is 34.7 Å². The summed E-state index contributed by atoms with van der Waals surface area (Å²) in [6.07, 6.45) is 7.06. The molecule has 2 rings (SSSR count). The molecule has 1 heterocycles. The molecule has 0 amide bonds. The normalized spacial score (nSPS) is 17.2. The van der Waals surface area contributed by atoms with Gasteiger partial charge in [0.25, 0.3) is 0 Å². The molecule has 0 unspecified atom stereocenters. The number of halogens is 1. The van der Waals surface area contributed by atoms with Crippen molar-refractivity contribution in [3.63, 3.8) is 0 Å². The molecule has 1 aromatic heterocycles. The molecule has 17 heavy (non-hydrogen) atoms. The Morgan fingerprint density at radius 1 is 1.47 bits per heavy atom. The second kappa shape index (κ2) is 6.01. The summed E-state index contributed by atoms with van der Waals surface area (Å²) in [5, 5.41) is 4.49. The van der Waals surface area contributed by atoms with Gasteiger partial charge >= 0.3 is 0 Å². The van der Waals surface area contributed by atoms with Crippen molar-refractivity contribution < 1.29 is 4.74 Å². The van der Waals surface area contributed by atoms with E-state index < -0.39 is 0 Å². The Balaban J connectivity index is 2.01. The van der Waals surface area contributed by atoms with Crippen LogP contribution in [-0.2, 0) is 11.3 Å². The lowest BCUT2D eigenvalue weighted by atomic mass is 10.2. The van der Waals surface area contributed by atoms with E-state index in [0.717, 1.165) is 11.1 Å². The average Bonchev–Trinajstić information content (AvgIpc) is 2.88. The Labute approximate surface area is 112 Å². The molecule has 0 bridgehead atoms. The molecule has 1 fully saturated rings. The highest BCUT2D eigenvalue weighted by atomic mass is 79.9. The summed E-state index contributed by atoms with van der Waals surface area (Å²) < 4.78 is 8.97. The quantitative estimate of drug-likeness (QED) is 0.824. The second-order valence-corrected chi connectivity index (χ2v) is 6.09. The second-order valence-electron chi connectivity index (χ2n) is 5.23. The van der Waals surface area contributed by atoms with E-state index in [1.54, 1.807) is 0 Å². The molecule has 1 aromatic rings. The van der Waals surface area contributed by atoms with Gasteiger partial charge in [0.05, 0.1) is 29.0 Å². The third-order valence-corrected chi connectivity index (χ3v) is 3.87. The number of hydrogen-bond acceptors (Lipinski definition) is 2. The molecule has 1 aliphatic carbocycles. The van der Waals surface area contributed by atoms with Crippen LogP contribution in [0.5, 0.6) is 0 Å². The van der Waals surface area contributed by atoms with Gasteiger partial charge in [0, 0.05) is 6.61 Å². The fourth-order valence-corrected chi connectivity index (χ4v) is 2.74. The average molecular weight is 301 g/mol. The predicted molar refractivity (Wildman–Crippen MR) is 71.9 cm³/mol. The molecule has 0 aliphatic heterocycles. The lowest BCUT2D eigenvalue weighted by Crippen LogP contribution is -2.12. The summed E-state index contributed by atoms with van der Waals surface area (Å²) in [5.74, 6) is 0.580. The molecular formula is C13H21BrN2O. The fourth-order valence-electron chi connectivity index (χ4n) is 2.36. The minimum Gasteiger partial charge on any atom is -0.375 e. The maximum atomic E-state index is 5.73. The smallest absolute Gasteiger partial charge is 0.0896 e. The Bertz CT molecular complexity index is 356. The van der Waals surface area contributed by atoms with E-state index in [4.69, 9.17) is 4.74 Å². The predicted octanol–water partition coefficient (Wildman–Crippen LogP) is 3.93. The number of ether oxygens (including phenoxy) is 1. The van der Waals surface area contributed by atoms with Gasteiger partial charge in [0.15, 0.2) is 0 Å². The summed E-state index contributed by atoms with van der Waals surface area (Å²) >= 11 is 3.57. The molecule has 3 nitrogen and oxygen atoms in total. The van der Waals surface area contributed by atoms with Crippen molar-refractivity contribution in [3.05, 3.63) is 16.4 Å². The largest absolute Gasteiger partial charge is 0.375 e. The van der Waals surface area contributed by atoms with Gasteiger partial charge in [-0.1, -0.05) is 26.7 Å². The van der Waals surface area contributed by atoms with Crippen LogP contribution in [0.1, 0.15) is 51.3 Å². The van der Waals surface area contributed by atoms with E-state index >= 15 is 0 Å². The first-order chi connectivity index (χ1) is 8.18. The molecule has 0 aromatic carbocycles. The van der Waals surface area contributed by atoms with E-state index in [9.17, 15) is 0 Å². The lowest BCUT2D eigenvalue weighted by Gasteiger charge is -2.15. The van der Waals surface area contributed by atoms with Crippen molar-refractivity contribution in [2.45, 2.75) is 52.2 Å². The molecule has 96 valence electrons. The van der Waals surface area contributed by atoms with Crippen LogP contribution < -0.4 is 0 Å². The first kappa shape index (κ1) is 13.1. The highest BCUT2D eigenvalue weighted by Crippen LogP contribution is 2.32.